The number of aromatic nitrogens is 1. The molecule has 2 aromatic carbocycles. The van der Waals surface area contributed by atoms with Crippen LogP contribution >= 0.6 is 0 Å². The first-order chi connectivity index (χ1) is 18.4. The van der Waals surface area contributed by atoms with Gasteiger partial charge in [0.1, 0.15) is 5.71 Å². The number of benzene rings is 2. The molecular formula is C28H26F3N3O4. The van der Waals surface area contributed by atoms with Crippen molar-refractivity contribution in [1.29, 1.82) is 0 Å². The van der Waals surface area contributed by atoms with Crippen LogP contribution in [0, 0.1) is 17.6 Å². The molecule has 1 saturated heterocycles. The number of halogens is 3. The number of piperidine rings is 1. The SMILES string of the molecule is COC(=O)CO/N=C(/c1ccc(CN2CCC3(CC2)OCc2cc(F)ncc23)cc1)c1ccc(F)c(F)c1. The molecule has 10 heteroatoms. The molecule has 2 aliphatic heterocycles. The first kappa shape index (κ1) is 25.9. The number of esters is 1. The Bertz CT molecular complexity index is 1360. The smallest absolute Gasteiger partial charge is 0.346 e. The van der Waals surface area contributed by atoms with E-state index in [0.717, 1.165) is 54.8 Å². The van der Waals surface area contributed by atoms with Gasteiger partial charge in [-0.25, -0.2) is 18.6 Å². The highest BCUT2D eigenvalue weighted by Crippen LogP contribution is 2.44. The molecule has 2 aliphatic rings. The van der Waals surface area contributed by atoms with Crippen molar-refractivity contribution < 1.29 is 32.3 Å². The minimum atomic E-state index is -1.02. The molecule has 38 heavy (non-hydrogen) atoms. The molecule has 3 heterocycles. The van der Waals surface area contributed by atoms with Gasteiger partial charge in [0, 0.05) is 42.5 Å². The van der Waals surface area contributed by atoms with E-state index in [9.17, 15) is 18.0 Å². The molecule has 3 aromatic rings. The zero-order chi connectivity index (χ0) is 26.7. The van der Waals surface area contributed by atoms with Crippen LogP contribution in [0.2, 0.25) is 0 Å². The Kier molecular flexibility index (Phi) is 7.44. The van der Waals surface area contributed by atoms with Crippen molar-refractivity contribution in [2.45, 2.75) is 31.6 Å². The van der Waals surface area contributed by atoms with Crippen LogP contribution < -0.4 is 0 Å². The summed E-state index contributed by atoms with van der Waals surface area (Å²) < 4.78 is 51.6. The largest absolute Gasteiger partial charge is 0.466 e. The summed E-state index contributed by atoms with van der Waals surface area (Å²) in [6.07, 6.45) is 3.18. The van der Waals surface area contributed by atoms with Crippen LogP contribution in [0.15, 0.2) is 59.9 Å². The number of fused-ring (bicyclic) bond motifs is 2. The Balaban J connectivity index is 1.27. The molecule has 0 aliphatic carbocycles. The number of oxime groups is 1. The molecule has 0 unspecified atom stereocenters. The molecule has 0 bridgehead atoms. The van der Waals surface area contributed by atoms with Gasteiger partial charge in [-0.15, -0.1) is 0 Å². The quantitative estimate of drug-likeness (QED) is 0.196. The minimum Gasteiger partial charge on any atom is -0.466 e. The third kappa shape index (κ3) is 5.41. The van der Waals surface area contributed by atoms with Crippen LogP contribution in [0.25, 0.3) is 0 Å². The summed E-state index contributed by atoms with van der Waals surface area (Å²) in [5.74, 6) is -3.10. The molecule has 0 N–H and O–H groups in total. The molecule has 1 fully saturated rings. The lowest BCUT2D eigenvalue weighted by Gasteiger charge is -2.39. The van der Waals surface area contributed by atoms with Gasteiger partial charge in [0.15, 0.2) is 11.6 Å². The summed E-state index contributed by atoms with van der Waals surface area (Å²) in [6.45, 7) is 2.31. The lowest BCUT2D eigenvalue weighted by Crippen LogP contribution is -2.42. The number of hydrogen-bond donors (Lipinski definition) is 0. The second-order valence-corrected chi connectivity index (χ2v) is 9.34. The topological polar surface area (TPSA) is 73.2 Å². The normalized spacial score (nSPS) is 16.9. The van der Waals surface area contributed by atoms with Crippen molar-refractivity contribution in [2.75, 3.05) is 26.8 Å². The maximum atomic E-state index is 13.9. The van der Waals surface area contributed by atoms with Crippen LogP contribution in [0.4, 0.5) is 13.2 Å². The monoisotopic (exact) mass is 525 g/mol. The fourth-order valence-corrected chi connectivity index (χ4v) is 4.93. The third-order valence-corrected chi connectivity index (χ3v) is 7.01. The Morgan fingerprint density at radius 2 is 1.79 bits per heavy atom. The summed E-state index contributed by atoms with van der Waals surface area (Å²) in [4.78, 5) is 22.7. The van der Waals surface area contributed by atoms with Gasteiger partial charge < -0.3 is 14.3 Å². The van der Waals surface area contributed by atoms with E-state index in [0.29, 0.717) is 24.3 Å². The van der Waals surface area contributed by atoms with Crippen LogP contribution in [0.3, 0.4) is 0 Å². The maximum absolute atomic E-state index is 13.9. The maximum Gasteiger partial charge on any atom is 0.346 e. The number of ether oxygens (including phenoxy) is 2. The second kappa shape index (κ2) is 10.9. The summed E-state index contributed by atoms with van der Waals surface area (Å²) in [6, 6.07) is 12.4. The van der Waals surface area contributed by atoms with Crippen molar-refractivity contribution >= 4 is 11.7 Å². The van der Waals surface area contributed by atoms with E-state index < -0.39 is 35.8 Å². The highest BCUT2D eigenvalue weighted by molar-refractivity contribution is 6.12. The highest BCUT2D eigenvalue weighted by atomic mass is 19.2. The number of pyridine rings is 1. The van der Waals surface area contributed by atoms with Crippen molar-refractivity contribution in [2.24, 2.45) is 5.16 Å². The molecule has 198 valence electrons. The molecule has 7 nitrogen and oxygen atoms in total. The van der Waals surface area contributed by atoms with E-state index in [1.165, 1.54) is 19.2 Å². The van der Waals surface area contributed by atoms with Gasteiger partial charge in [-0.2, -0.15) is 4.39 Å². The first-order valence-electron chi connectivity index (χ1n) is 12.2. The molecule has 0 saturated carbocycles. The van der Waals surface area contributed by atoms with Crippen molar-refractivity contribution in [3.8, 4) is 0 Å². The number of likely N-dealkylation sites (tertiary alicyclic amines) is 1. The van der Waals surface area contributed by atoms with Gasteiger partial charge in [0.2, 0.25) is 12.6 Å². The second-order valence-electron chi connectivity index (χ2n) is 9.34. The standard InChI is InChI=1S/C28H26F3N3O4/c1-36-26(35)17-38-33-27(20-6-7-23(29)24(30)12-20)19-4-2-18(3-5-19)15-34-10-8-28(9-11-34)22-14-32-25(31)13-21(22)16-37-28/h2-7,12-14H,8-11,15-17H2,1H3/b33-27-. The summed E-state index contributed by atoms with van der Waals surface area (Å²) >= 11 is 0. The zero-order valence-corrected chi connectivity index (χ0v) is 20.8. The third-order valence-electron chi connectivity index (χ3n) is 7.01. The number of rotatable bonds is 7. The van der Waals surface area contributed by atoms with Crippen LogP contribution in [-0.4, -0.2) is 48.4 Å². The molecule has 5 rings (SSSR count). The van der Waals surface area contributed by atoms with Crippen molar-refractivity contribution in [1.82, 2.24) is 9.88 Å². The van der Waals surface area contributed by atoms with Gasteiger partial charge in [-0.3, -0.25) is 4.90 Å². The van der Waals surface area contributed by atoms with E-state index in [1.807, 2.05) is 24.3 Å². The van der Waals surface area contributed by atoms with E-state index in [4.69, 9.17) is 9.57 Å². The minimum absolute atomic E-state index is 0.251. The van der Waals surface area contributed by atoms with Crippen molar-refractivity contribution in [3.63, 3.8) is 0 Å². The molecule has 1 spiro atoms. The summed E-state index contributed by atoms with van der Waals surface area (Å²) in [5.41, 5.74) is 3.67. The lowest BCUT2D eigenvalue weighted by atomic mass is 9.84. The molecule has 0 amide bonds. The Morgan fingerprint density at radius 1 is 1.05 bits per heavy atom. The van der Waals surface area contributed by atoms with Crippen LogP contribution in [0.1, 0.15) is 40.7 Å². The van der Waals surface area contributed by atoms with E-state index >= 15 is 0 Å². The predicted octanol–water partition coefficient (Wildman–Crippen LogP) is 4.46. The average molecular weight is 526 g/mol. The van der Waals surface area contributed by atoms with E-state index in [1.54, 1.807) is 6.20 Å². The first-order valence-corrected chi connectivity index (χ1v) is 12.2. The number of hydrogen-bond acceptors (Lipinski definition) is 7. The fraction of sp³-hybridized carbons (Fsp3) is 0.321. The Morgan fingerprint density at radius 3 is 2.50 bits per heavy atom. The fourth-order valence-electron chi connectivity index (χ4n) is 4.93. The number of carbonyl (C=O) groups is 1. The number of carbonyl (C=O) groups excluding carboxylic acids is 1. The molecule has 0 radical (unpaired) electrons. The van der Waals surface area contributed by atoms with Crippen molar-refractivity contribution in [3.05, 3.63) is 100 Å². The zero-order valence-electron chi connectivity index (χ0n) is 20.8. The molecule has 0 atom stereocenters. The van der Waals surface area contributed by atoms with E-state index in [-0.39, 0.29) is 5.71 Å². The molecule has 1 aromatic heterocycles. The van der Waals surface area contributed by atoms with Crippen LogP contribution in [0.5, 0.6) is 0 Å². The van der Waals surface area contributed by atoms with Gasteiger partial charge in [0.05, 0.1) is 19.3 Å². The van der Waals surface area contributed by atoms with Gasteiger partial charge >= 0.3 is 5.97 Å². The van der Waals surface area contributed by atoms with Gasteiger partial charge in [0.25, 0.3) is 0 Å². The van der Waals surface area contributed by atoms with Gasteiger partial charge in [-0.05, 0) is 48.2 Å². The number of nitrogens with zero attached hydrogens (tertiary/aromatic N) is 3. The molecular weight excluding hydrogens is 499 g/mol. The highest BCUT2D eigenvalue weighted by Gasteiger charge is 2.43. The lowest BCUT2D eigenvalue weighted by molar-refractivity contribution is -0.145. The summed E-state index contributed by atoms with van der Waals surface area (Å²) in [5, 5.41) is 4.01. The predicted molar refractivity (Wildman–Crippen MR) is 132 cm³/mol. The Hall–Kier alpha value is -3.76. The summed E-state index contributed by atoms with van der Waals surface area (Å²) in [7, 11) is 1.23. The Labute approximate surface area is 217 Å². The average Bonchev–Trinajstić information content (AvgIpc) is 3.27. The van der Waals surface area contributed by atoms with Gasteiger partial charge in [-0.1, -0.05) is 29.4 Å². The van der Waals surface area contributed by atoms with E-state index in [2.05, 4.69) is 19.8 Å². The number of methoxy groups -OCH3 is 1. The van der Waals surface area contributed by atoms with Crippen LogP contribution in [-0.2, 0) is 37.9 Å².